The van der Waals surface area contributed by atoms with Crippen LogP contribution in [0.15, 0.2) is 18.2 Å². The van der Waals surface area contributed by atoms with Gasteiger partial charge in [-0.2, -0.15) is 4.98 Å². The van der Waals surface area contributed by atoms with Crippen molar-refractivity contribution in [2.75, 3.05) is 31.4 Å². The summed E-state index contributed by atoms with van der Waals surface area (Å²) in [6, 6.07) is 5.50. The van der Waals surface area contributed by atoms with Crippen molar-refractivity contribution < 1.29 is 14.6 Å². The quantitative estimate of drug-likeness (QED) is 0.885. The molecule has 0 aliphatic carbocycles. The molecule has 0 spiro atoms. The molecule has 0 fully saturated rings. The van der Waals surface area contributed by atoms with Gasteiger partial charge in [0.15, 0.2) is 0 Å². The van der Waals surface area contributed by atoms with Crippen LogP contribution in [0.3, 0.4) is 0 Å². The standard InChI is InChI=1S/C16H20N4O3/c1-9-6-14(19-16(17)18-9)20-7-10-12(22-2)4-5-13(23-3)15(10)11(21)8-20/h4-6,11,21H,7-8H2,1-3H3,(H2,17,18,19)/t11-/m1/s1. The number of fused-ring (bicyclic) bond motifs is 1. The number of aromatic nitrogens is 2. The molecule has 1 aromatic heterocycles. The fourth-order valence-corrected chi connectivity index (χ4v) is 2.99. The first kappa shape index (κ1) is 15.4. The minimum atomic E-state index is -0.708. The van der Waals surface area contributed by atoms with Crippen LogP contribution in [0.25, 0.3) is 0 Å². The Morgan fingerprint density at radius 2 is 1.91 bits per heavy atom. The highest BCUT2D eigenvalue weighted by atomic mass is 16.5. The summed E-state index contributed by atoms with van der Waals surface area (Å²) in [6.45, 7) is 2.80. The van der Waals surface area contributed by atoms with Crippen LogP contribution in [0, 0.1) is 6.92 Å². The lowest BCUT2D eigenvalue weighted by atomic mass is 9.95. The van der Waals surface area contributed by atoms with Crippen LogP contribution in [0.5, 0.6) is 11.5 Å². The first-order chi connectivity index (χ1) is 11.0. The van der Waals surface area contributed by atoms with E-state index in [9.17, 15) is 5.11 Å². The minimum absolute atomic E-state index is 0.220. The molecule has 1 aromatic carbocycles. The molecule has 2 heterocycles. The van der Waals surface area contributed by atoms with E-state index in [2.05, 4.69) is 9.97 Å². The lowest BCUT2D eigenvalue weighted by Gasteiger charge is -2.34. The molecule has 3 N–H and O–H groups in total. The van der Waals surface area contributed by atoms with E-state index in [1.54, 1.807) is 14.2 Å². The van der Waals surface area contributed by atoms with E-state index >= 15 is 0 Å². The Hall–Kier alpha value is -2.54. The van der Waals surface area contributed by atoms with Crippen LogP contribution in [-0.4, -0.2) is 35.8 Å². The van der Waals surface area contributed by atoms with Gasteiger partial charge in [0.25, 0.3) is 0 Å². The number of hydrogen-bond acceptors (Lipinski definition) is 7. The van der Waals surface area contributed by atoms with Gasteiger partial charge in [-0.25, -0.2) is 4.98 Å². The number of hydrogen-bond donors (Lipinski definition) is 2. The average Bonchev–Trinajstić information content (AvgIpc) is 2.52. The summed E-state index contributed by atoms with van der Waals surface area (Å²) in [5.41, 5.74) is 8.18. The first-order valence-corrected chi connectivity index (χ1v) is 7.31. The van der Waals surface area contributed by atoms with Gasteiger partial charge >= 0.3 is 0 Å². The maximum atomic E-state index is 10.6. The van der Waals surface area contributed by atoms with E-state index in [4.69, 9.17) is 15.2 Å². The number of nitrogens with two attached hydrogens (primary N) is 1. The summed E-state index contributed by atoms with van der Waals surface area (Å²) in [6.07, 6.45) is -0.708. The number of anilines is 2. The smallest absolute Gasteiger partial charge is 0.222 e. The van der Waals surface area contributed by atoms with Crippen LogP contribution < -0.4 is 20.1 Å². The van der Waals surface area contributed by atoms with E-state index in [-0.39, 0.29) is 5.95 Å². The molecule has 0 bridgehead atoms. The Balaban J connectivity index is 2.06. The van der Waals surface area contributed by atoms with Crippen LogP contribution in [0.4, 0.5) is 11.8 Å². The number of methoxy groups -OCH3 is 2. The zero-order valence-corrected chi connectivity index (χ0v) is 13.4. The summed E-state index contributed by atoms with van der Waals surface area (Å²) < 4.78 is 10.8. The number of aliphatic hydroxyl groups is 1. The van der Waals surface area contributed by atoms with Gasteiger partial charge in [-0.05, 0) is 19.1 Å². The van der Waals surface area contributed by atoms with E-state index in [0.29, 0.717) is 30.4 Å². The molecule has 0 saturated carbocycles. The first-order valence-electron chi connectivity index (χ1n) is 7.31. The fraction of sp³-hybridized carbons (Fsp3) is 0.375. The summed E-state index contributed by atoms with van der Waals surface area (Å²) in [5, 5.41) is 10.6. The predicted octanol–water partition coefficient (Wildman–Crippen LogP) is 1.44. The van der Waals surface area contributed by atoms with Gasteiger partial charge in [0, 0.05) is 29.4 Å². The number of aryl methyl sites for hydroxylation is 1. The molecule has 2 aromatic rings. The lowest BCUT2D eigenvalue weighted by Crippen LogP contribution is -2.35. The molecule has 0 radical (unpaired) electrons. The SMILES string of the molecule is COc1ccc(OC)c2c1CN(c1cc(C)nc(N)n1)C[C@H]2O. The monoisotopic (exact) mass is 316 g/mol. The molecule has 0 unspecified atom stereocenters. The fourth-order valence-electron chi connectivity index (χ4n) is 2.99. The summed E-state index contributed by atoms with van der Waals surface area (Å²) in [7, 11) is 3.20. The summed E-state index contributed by atoms with van der Waals surface area (Å²) >= 11 is 0. The average molecular weight is 316 g/mol. The number of nitrogen functional groups attached to an aromatic ring is 1. The molecule has 0 saturated heterocycles. The number of benzene rings is 1. The lowest BCUT2D eigenvalue weighted by molar-refractivity contribution is 0.169. The highest BCUT2D eigenvalue weighted by Gasteiger charge is 2.30. The van der Waals surface area contributed by atoms with Crippen molar-refractivity contribution in [3.8, 4) is 11.5 Å². The number of β-amino-alcohol motifs (C(OH)–C–C–N with tert-alkyl or cyclic N) is 1. The number of aliphatic hydroxyl groups excluding tert-OH is 1. The molecule has 0 amide bonds. The topological polar surface area (TPSA) is 93.7 Å². The van der Waals surface area contributed by atoms with Gasteiger partial charge in [0.1, 0.15) is 23.4 Å². The van der Waals surface area contributed by atoms with Crippen molar-refractivity contribution in [2.45, 2.75) is 19.6 Å². The molecule has 1 aliphatic rings. The second kappa shape index (κ2) is 5.92. The summed E-state index contributed by atoms with van der Waals surface area (Å²) in [4.78, 5) is 10.3. The van der Waals surface area contributed by atoms with Crippen molar-refractivity contribution in [3.05, 3.63) is 35.0 Å². The molecular formula is C16H20N4O3. The second-order valence-electron chi connectivity index (χ2n) is 5.48. The molecule has 1 aliphatic heterocycles. The van der Waals surface area contributed by atoms with Gasteiger partial charge in [-0.15, -0.1) is 0 Å². The molecular weight excluding hydrogens is 296 g/mol. The zero-order valence-electron chi connectivity index (χ0n) is 13.4. The summed E-state index contributed by atoms with van der Waals surface area (Å²) in [5.74, 6) is 2.28. The molecule has 122 valence electrons. The Morgan fingerprint density at radius 1 is 1.22 bits per heavy atom. The minimum Gasteiger partial charge on any atom is -0.496 e. The third-order valence-corrected chi connectivity index (χ3v) is 3.97. The maximum Gasteiger partial charge on any atom is 0.222 e. The molecule has 1 atom stereocenters. The molecule has 7 nitrogen and oxygen atoms in total. The van der Waals surface area contributed by atoms with Gasteiger partial charge in [-0.1, -0.05) is 0 Å². The van der Waals surface area contributed by atoms with Crippen LogP contribution in [0.1, 0.15) is 22.9 Å². The number of nitrogens with zero attached hydrogens (tertiary/aromatic N) is 3. The maximum absolute atomic E-state index is 10.6. The van der Waals surface area contributed by atoms with E-state index in [1.165, 1.54) is 0 Å². The molecule has 7 heteroatoms. The van der Waals surface area contributed by atoms with E-state index in [1.807, 2.05) is 30.0 Å². The van der Waals surface area contributed by atoms with Gasteiger partial charge in [0.2, 0.25) is 5.95 Å². The van der Waals surface area contributed by atoms with Crippen LogP contribution >= 0.6 is 0 Å². The zero-order chi connectivity index (χ0) is 16.6. The third-order valence-electron chi connectivity index (χ3n) is 3.97. The highest BCUT2D eigenvalue weighted by Crippen LogP contribution is 2.40. The van der Waals surface area contributed by atoms with Crippen molar-refractivity contribution in [3.63, 3.8) is 0 Å². The van der Waals surface area contributed by atoms with Crippen molar-refractivity contribution in [1.29, 1.82) is 0 Å². The van der Waals surface area contributed by atoms with Crippen molar-refractivity contribution in [1.82, 2.24) is 9.97 Å². The van der Waals surface area contributed by atoms with E-state index in [0.717, 1.165) is 16.8 Å². The van der Waals surface area contributed by atoms with Crippen LogP contribution in [0.2, 0.25) is 0 Å². The van der Waals surface area contributed by atoms with Crippen molar-refractivity contribution in [2.24, 2.45) is 0 Å². The number of rotatable bonds is 3. The van der Waals surface area contributed by atoms with E-state index < -0.39 is 6.10 Å². The molecule has 23 heavy (non-hydrogen) atoms. The third kappa shape index (κ3) is 2.75. The second-order valence-corrected chi connectivity index (χ2v) is 5.48. The largest absolute Gasteiger partial charge is 0.496 e. The van der Waals surface area contributed by atoms with Crippen LogP contribution in [-0.2, 0) is 6.54 Å². The van der Waals surface area contributed by atoms with Crippen molar-refractivity contribution >= 4 is 11.8 Å². The van der Waals surface area contributed by atoms with Gasteiger partial charge < -0.3 is 25.2 Å². The Labute approximate surface area is 134 Å². The Kier molecular flexibility index (Phi) is 3.96. The van der Waals surface area contributed by atoms with Gasteiger partial charge in [-0.3, -0.25) is 0 Å². The highest BCUT2D eigenvalue weighted by molar-refractivity contribution is 5.56. The van der Waals surface area contributed by atoms with Gasteiger partial charge in [0.05, 0.1) is 20.8 Å². The predicted molar refractivity (Wildman–Crippen MR) is 86.7 cm³/mol. The molecule has 3 rings (SSSR count). The Morgan fingerprint density at radius 3 is 2.57 bits per heavy atom. The Bertz CT molecular complexity index is 715. The number of ether oxygens (including phenoxy) is 2. The normalized spacial score (nSPS) is 16.9.